The fraction of sp³-hybridized carbons (Fsp3) is 0.436. The molecule has 4 aromatic carbocycles. The van der Waals surface area contributed by atoms with Gasteiger partial charge in [0.2, 0.25) is 31.9 Å². The van der Waals surface area contributed by atoms with Crippen molar-refractivity contribution in [2.75, 3.05) is 78.7 Å². The van der Waals surface area contributed by atoms with Crippen LogP contribution >= 0.6 is 45.9 Å². The molecule has 4 atom stereocenters. The number of thiazole rings is 2. The Morgan fingerprint density at radius 2 is 1.16 bits per heavy atom. The first-order chi connectivity index (χ1) is 39.2. The normalized spacial score (nSPS) is 20.8. The molecule has 0 bridgehead atoms. The molecule has 4 unspecified atom stereocenters. The van der Waals surface area contributed by atoms with Gasteiger partial charge in [0.25, 0.3) is 11.8 Å². The second-order valence-electron chi connectivity index (χ2n) is 20.7. The van der Waals surface area contributed by atoms with Crippen molar-refractivity contribution >= 4 is 117 Å². The van der Waals surface area contributed by atoms with Crippen LogP contribution in [0.3, 0.4) is 0 Å². The summed E-state index contributed by atoms with van der Waals surface area (Å²) in [6, 6.07) is 18.9. The Morgan fingerprint density at radius 1 is 0.671 bits per heavy atom. The van der Waals surface area contributed by atoms with Gasteiger partial charge in [-0.1, -0.05) is 47.5 Å². The van der Waals surface area contributed by atoms with Crippen LogP contribution < -0.4 is 16.0 Å². The molecule has 27 heteroatoms. The van der Waals surface area contributed by atoms with E-state index in [4.69, 9.17) is 32.7 Å². The summed E-state index contributed by atoms with van der Waals surface area (Å²) in [5.41, 5.74) is 1.79. The molecular formula is C55H62Cl2N10O11S4. The average molecular weight is 1240 g/mol. The van der Waals surface area contributed by atoms with Gasteiger partial charge in [-0.25, -0.2) is 26.8 Å². The first kappa shape index (κ1) is 59.4. The SMILES string of the molecule is CC1Cc2nc(C(=O)N3CCN(S(=O)(=O)c4ccc5cc(Cl)ccc5c4)CC3CC(=O)N3CCOCC3)sc2CN1.CCOC(=O)CNC(=O)C1CN(S(=O)(=O)c2ccc3cc(Cl)ccc3c2)CCN1C(=O)c1nc2c(s1)CNC(C)C2. The molecule has 436 valence electrons. The number of benzene rings is 4. The summed E-state index contributed by atoms with van der Waals surface area (Å²) in [5, 5.41) is 14.1. The number of halogens is 2. The van der Waals surface area contributed by atoms with Crippen LogP contribution in [-0.4, -0.2) is 183 Å². The molecule has 5 aliphatic rings. The van der Waals surface area contributed by atoms with Crippen LogP contribution in [0.1, 0.15) is 67.9 Å². The molecule has 0 aliphatic carbocycles. The summed E-state index contributed by atoms with van der Waals surface area (Å²) in [5.74, 6) is -2.11. The van der Waals surface area contributed by atoms with E-state index in [-0.39, 0.29) is 91.0 Å². The zero-order valence-corrected chi connectivity index (χ0v) is 50.0. The van der Waals surface area contributed by atoms with E-state index in [1.807, 2.05) is 6.92 Å². The number of fused-ring (bicyclic) bond motifs is 4. The van der Waals surface area contributed by atoms with Gasteiger partial charge in [0, 0.05) is 117 Å². The summed E-state index contributed by atoms with van der Waals surface area (Å²) in [4.78, 5) is 82.2. The van der Waals surface area contributed by atoms with Crippen LogP contribution in [-0.2, 0) is 69.8 Å². The van der Waals surface area contributed by atoms with E-state index in [2.05, 4.69) is 32.8 Å². The molecule has 4 amide bonds. The van der Waals surface area contributed by atoms with Gasteiger partial charge in [-0.2, -0.15) is 8.61 Å². The van der Waals surface area contributed by atoms with Crippen LogP contribution in [0.2, 0.25) is 10.0 Å². The minimum absolute atomic E-state index is 0.0158. The summed E-state index contributed by atoms with van der Waals surface area (Å²) in [6.07, 6.45) is 1.46. The number of amides is 4. The molecule has 5 aliphatic heterocycles. The summed E-state index contributed by atoms with van der Waals surface area (Å²) >= 11 is 14.8. The van der Waals surface area contributed by atoms with Gasteiger partial charge in [0.05, 0.1) is 47.0 Å². The van der Waals surface area contributed by atoms with E-state index in [9.17, 15) is 40.8 Å². The Kier molecular flexibility index (Phi) is 18.3. The van der Waals surface area contributed by atoms with Gasteiger partial charge in [0.1, 0.15) is 12.6 Å². The molecule has 3 N–H and O–H groups in total. The number of morpholine rings is 1. The van der Waals surface area contributed by atoms with Crippen molar-refractivity contribution in [3.63, 3.8) is 0 Å². The summed E-state index contributed by atoms with van der Waals surface area (Å²) in [6.45, 7) is 8.66. The van der Waals surface area contributed by atoms with Crippen LogP contribution in [0.5, 0.6) is 0 Å². The van der Waals surface area contributed by atoms with Gasteiger partial charge < -0.3 is 40.1 Å². The van der Waals surface area contributed by atoms with E-state index in [1.165, 1.54) is 42.3 Å². The standard InChI is InChI=1S/C28H32ClN5O5S2.C27H30ClN5O6S2/c1-18-12-24-25(16-30-18)40-27(31-24)28(36)34-7-6-33(17-22(34)15-26(35)32-8-10-39-11-9-32)41(37,38)23-5-3-19-13-21(29)4-2-20(19)14-23;1-3-39-24(34)14-30-25(35)22-15-32(41(37,38)20-7-5-17-11-19(28)6-4-18(17)12-20)8-9-33(22)27(36)26-31-21-10-16(2)29-13-23(21)40-26/h2-5,13-14,18,22,30H,6-12,15-17H2,1H3;4-7,11-12,16,22,29H,3,8-10,13-15H2,1-2H3,(H,30,35). The van der Waals surface area contributed by atoms with Crippen LogP contribution in [0.25, 0.3) is 21.5 Å². The van der Waals surface area contributed by atoms with Gasteiger partial charge in [-0.3, -0.25) is 24.0 Å². The average Bonchev–Trinajstić information content (AvgIpc) is 4.18. The Morgan fingerprint density at radius 3 is 1.70 bits per heavy atom. The Balaban J connectivity index is 0.000000184. The highest BCUT2D eigenvalue weighted by molar-refractivity contribution is 7.89. The van der Waals surface area contributed by atoms with E-state index in [1.54, 1.807) is 83.5 Å². The molecule has 3 saturated heterocycles. The summed E-state index contributed by atoms with van der Waals surface area (Å²) < 4.78 is 67.9. The number of esters is 1. The highest BCUT2D eigenvalue weighted by atomic mass is 35.5. The second kappa shape index (κ2) is 25.2. The number of hydrogen-bond donors (Lipinski definition) is 3. The maximum Gasteiger partial charge on any atom is 0.325 e. The van der Waals surface area contributed by atoms with E-state index < -0.39 is 56.5 Å². The predicted octanol–water partition coefficient (Wildman–Crippen LogP) is 4.93. The molecule has 11 rings (SSSR count). The maximum atomic E-state index is 13.8. The van der Waals surface area contributed by atoms with E-state index in [0.717, 1.165) is 43.7 Å². The number of carbonyl (C=O) groups is 5. The van der Waals surface area contributed by atoms with Gasteiger partial charge in [0.15, 0.2) is 10.0 Å². The fourth-order valence-corrected chi connectivity index (χ4v) is 16.0. The Labute approximate surface area is 493 Å². The molecular weight excluding hydrogens is 1180 g/mol. The fourth-order valence-electron chi connectivity index (χ4n) is 10.6. The summed E-state index contributed by atoms with van der Waals surface area (Å²) in [7, 11) is -7.91. The third-order valence-electron chi connectivity index (χ3n) is 15.1. The zero-order chi connectivity index (χ0) is 58.0. The number of piperazine rings is 2. The zero-order valence-electron chi connectivity index (χ0n) is 45.3. The lowest BCUT2D eigenvalue weighted by Gasteiger charge is -2.41. The van der Waals surface area contributed by atoms with Crippen molar-refractivity contribution in [2.24, 2.45) is 0 Å². The number of sulfonamides is 2. The largest absolute Gasteiger partial charge is 0.465 e. The number of hydrogen-bond acceptors (Lipinski definition) is 17. The lowest BCUT2D eigenvalue weighted by molar-refractivity contribution is -0.144. The minimum atomic E-state index is -4.02. The number of aromatic nitrogens is 2. The Hall–Kier alpha value is -5.71. The smallest absolute Gasteiger partial charge is 0.325 e. The molecule has 21 nitrogen and oxygen atoms in total. The maximum absolute atomic E-state index is 13.8. The Bertz CT molecular complexity index is 3670. The number of ether oxygens (including phenoxy) is 2. The lowest BCUT2D eigenvalue weighted by Crippen LogP contribution is -2.61. The van der Waals surface area contributed by atoms with Crippen molar-refractivity contribution < 1.29 is 50.3 Å². The molecule has 82 heavy (non-hydrogen) atoms. The predicted molar refractivity (Wildman–Crippen MR) is 311 cm³/mol. The molecule has 7 heterocycles. The van der Waals surface area contributed by atoms with Crippen molar-refractivity contribution in [1.29, 1.82) is 0 Å². The molecule has 3 fully saturated rings. The number of rotatable bonds is 12. The van der Waals surface area contributed by atoms with Crippen molar-refractivity contribution in [3.05, 3.63) is 114 Å². The third-order valence-corrected chi connectivity index (χ3v) is 21.4. The van der Waals surface area contributed by atoms with Crippen LogP contribution in [0.4, 0.5) is 0 Å². The number of carbonyl (C=O) groups excluding carboxylic acids is 5. The van der Waals surface area contributed by atoms with E-state index >= 15 is 0 Å². The first-order valence-electron chi connectivity index (χ1n) is 27.0. The second-order valence-corrected chi connectivity index (χ2v) is 27.6. The van der Waals surface area contributed by atoms with Crippen LogP contribution in [0, 0.1) is 0 Å². The molecule has 6 aromatic rings. The lowest BCUT2D eigenvalue weighted by atomic mass is 10.1. The number of nitrogens with zero attached hydrogens (tertiary/aromatic N) is 7. The molecule has 0 radical (unpaired) electrons. The topological polar surface area (TPSA) is 250 Å². The molecule has 2 aromatic heterocycles. The van der Waals surface area contributed by atoms with Crippen molar-refractivity contribution in [2.45, 2.75) is 87.1 Å². The molecule has 0 saturated carbocycles. The highest BCUT2D eigenvalue weighted by Gasteiger charge is 2.43. The van der Waals surface area contributed by atoms with Gasteiger partial charge in [-0.05, 0) is 90.8 Å². The van der Waals surface area contributed by atoms with Gasteiger partial charge >= 0.3 is 5.97 Å². The quantitative estimate of drug-likeness (QED) is 0.138. The molecule has 0 spiro atoms. The van der Waals surface area contributed by atoms with Crippen molar-refractivity contribution in [3.8, 4) is 0 Å². The first-order valence-corrected chi connectivity index (χ1v) is 32.3. The minimum Gasteiger partial charge on any atom is -0.465 e. The third kappa shape index (κ3) is 13.1. The monoisotopic (exact) mass is 1240 g/mol. The van der Waals surface area contributed by atoms with E-state index in [0.29, 0.717) is 66.3 Å². The van der Waals surface area contributed by atoms with Gasteiger partial charge in [-0.15, -0.1) is 22.7 Å². The number of nitrogens with one attached hydrogen (secondary N) is 3. The van der Waals surface area contributed by atoms with Crippen molar-refractivity contribution in [1.82, 2.24) is 49.2 Å². The van der Waals surface area contributed by atoms with Crippen LogP contribution in [0.15, 0.2) is 82.6 Å². The highest BCUT2D eigenvalue weighted by Crippen LogP contribution is 2.32.